The zero-order chi connectivity index (χ0) is 38.5. The van der Waals surface area contributed by atoms with E-state index >= 15 is 0 Å². The van der Waals surface area contributed by atoms with Crippen molar-refractivity contribution in [2.75, 3.05) is 46.9 Å². The largest absolute Gasteiger partial charge is 0.493 e. The molecule has 5 aromatic rings. The summed E-state index contributed by atoms with van der Waals surface area (Å²) in [5.74, 6) is -0.786. The van der Waals surface area contributed by atoms with Crippen LogP contribution in [0.3, 0.4) is 0 Å². The first kappa shape index (κ1) is 38.2. The number of para-hydroxylation sites is 1. The number of hydrogen-bond acceptors (Lipinski definition) is 6. The van der Waals surface area contributed by atoms with E-state index in [-0.39, 0.29) is 61.1 Å². The first-order valence-electron chi connectivity index (χ1n) is 18.1. The monoisotopic (exact) mass is 754 g/mol. The molecule has 54 heavy (non-hydrogen) atoms. The van der Waals surface area contributed by atoms with Gasteiger partial charge in [-0.15, -0.1) is 0 Å². The molecule has 4 N–H and O–H groups in total. The highest BCUT2D eigenvalue weighted by Crippen LogP contribution is 2.37. The van der Waals surface area contributed by atoms with Gasteiger partial charge in [0.05, 0.1) is 32.1 Å². The van der Waals surface area contributed by atoms with Gasteiger partial charge in [-0.2, -0.15) is 0 Å². The maximum absolute atomic E-state index is 13.7. The third kappa shape index (κ3) is 8.49. The normalized spacial score (nSPS) is 17.9. The summed E-state index contributed by atoms with van der Waals surface area (Å²) < 4.78 is 11.3. The minimum absolute atomic E-state index is 0.0567. The summed E-state index contributed by atoms with van der Waals surface area (Å²) in [5.41, 5.74) is 4.67. The summed E-state index contributed by atoms with van der Waals surface area (Å²) in [7, 11) is 3.03. The van der Waals surface area contributed by atoms with E-state index in [4.69, 9.17) is 21.1 Å². The Morgan fingerprint density at radius 1 is 0.889 bits per heavy atom. The number of nitrogens with zero attached hydrogens (tertiary/aromatic N) is 2. The summed E-state index contributed by atoms with van der Waals surface area (Å²) in [6.07, 6.45) is 3.93. The molecule has 4 heterocycles. The number of likely N-dealkylation sites (tertiary alicyclic amines) is 2. The lowest BCUT2D eigenvalue weighted by atomic mass is 9.79. The second kappa shape index (κ2) is 16.7. The number of halogens is 1. The van der Waals surface area contributed by atoms with Crippen LogP contribution in [0.15, 0.2) is 73.1 Å². The molecule has 0 aliphatic carbocycles. The highest BCUT2D eigenvalue weighted by molar-refractivity contribution is 6.31. The number of hydrogen-bond donors (Lipinski definition) is 4. The molecule has 0 spiro atoms. The van der Waals surface area contributed by atoms with Crippen LogP contribution >= 0.6 is 11.6 Å². The Hall–Kier alpha value is -5.49. The SMILES string of the molecule is CNC(=O)CNC(=O)C1CN(C(=O)Cc2c[nH]c3cc(Cl)ccc23)CC2CN(C(=O)c3ccc(OC(C)C)c(OC)c3)CC21.Cc1c[nH]c2ccccc12. The Morgan fingerprint density at radius 2 is 1.65 bits per heavy atom. The first-order chi connectivity index (χ1) is 25.9. The van der Waals surface area contributed by atoms with E-state index in [2.05, 4.69) is 45.7 Å². The van der Waals surface area contributed by atoms with Gasteiger partial charge in [0.15, 0.2) is 11.5 Å². The van der Waals surface area contributed by atoms with Crippen LogP contribution in [0.25, 0.3) is 21.8 Å². The van der Waals surface area contributed by atoms with Crippen molar-refractivity contribution >= 4 is 57.0 Å². The number of carbonyl (C=O) groups excluding carboxylic acids is 4. The number of ether oxygens (including phenoxy) is 2. The topological polar surface area (TPSA) is 149 Å². The number of carbonyl (C=O) groups is 4. The lowest BCUT2D eigenvalue weighted by Crippen LogP contribution is -2.54. The molecule has 3 atom stereocenters. The van der Waals surface area contributed by atoms with Gasteiger partial charge in [0.2, 0.25) is 17.7 Å². The molecule has 2 saturated heterocycles. The van der Waals surface area contributed by atoms with Gasteiger partial charge in [0.25, 0.3) is 5.91 Å². The van der Waals surface area contributed by atoms with Crippen LogP contribution < -0.4 is 20.1 Å². The summed E-state index contributed by atoms with van der Waals surface area (Å²) in [6, 6.07) is 18.9. The second-order valence-corrected chi connectivity index (χ2v) is 14.6. The third-order valence-electron chi connectivity index (χ3n) is 10.2. The first-order valence-corrected chi connectivity index (χ1v) is 18.5. The van der Waals surface area contributed by atoms with Crippen molar-refractivity contribution < 1.29 is 28.7 Å². The number of rotatable bonds is 9. The number of methoxy groups -OCH3 is 1. The molecule has 0 radical (unpaired) electrons. The number of aromatic nitrogens is 2. The predicted octanol–water partition coefficient (Wildman–Crippen LogP) is 5.34. The number of fused-ring (bicyclic) bond motifs is 3. The number of aryl methyl sites for hydroxylation is 1. The summed E-state index contributed by atoms with van der Waals surface area (Å²) in [6.45, 7) is 7.15. The maximum Gasteiger partial charge on any atom is 0.254 e. The van der Waals surface area contributed by atoms with Crippen molar-refractivity contribution in [3.05, 3.63) is 94.8 Å². The van der Waals surface area contributed by atoms with Crippen LogP contribution in [0.1, 0.15) is 35.3 Å². The molecule has 2 aliphatic rings. The van der Waals surface area contributed by atoms with Crippen LogP contribution in [0, 0.1) is 24.7 Å². The Kier molecular flexibility index (Phi) is 11.8. The number of aromatic amines is 2. The molecule has 3 unspecified atom stereocenters. The number of amides is 4. The fraction of sp³-hybridized carbons (Fsp3) is 0.366. The lowest BCUT2D eigenvalue weighted by molar-refractivity contribution is -0.139. The summed E-state index contributed by atoms with van der Waals surface area (Å²) >= 11 is 6.12. The molecule has 4 amide bonds. The fourth-order valence-corrected chi connectivity index (χ4v) is 7.61. The molecule has 3 aromatic carbocycles. The molecule has 12 nitrogen and oxygen atoms in total. The Bertz CT molecular complexity index is 2160. The van der Waals surface area contributed by atoms with E-state index in [1.807, 2.05) is 38.2 Å². The van der Waals surface area contributed by atoms with Gasteiger partial charge in [-0.25, -0.2) is 0 Å². The van der Waals surface area contributed by atoms with E-state index in [0.717, 1.165) is 16.5 Å². The van der Waals surface area contributed by atoms with Crippen LogP contribution in [0.2, 0.25) is 5.02 Å². The second-order valence-electron chi connectivity index (χ2n) is 14.2. The number of likely N-dealkylation sites (N-methyl/N-ethyl adjacent to an activating group) is 1. The minimum atomic E-state index is -0.585. The quantitative estimate of drug-likeness (QED) is 0.160. The highest BCUT2D eigenvalue weighted by atomic mass is 35.5. The Morgan fingerprint density at radius 3 is 2.39 bits per heavy atom. The number of benzene rings is 3. The van der Waals surface area contributed by atoms with E-state index < -0.39 is 5.92 Å². The number of nitrogens with one attached hydrogen (secondary N) is 4. The van der Waals surface area contributed by atoms with Gasteiger partial charge < -0.3 is 39.9 Å². The van der Waals surface area contributed by atoms with Crippen molar-refractivity contribution in [3.8, 4) is 11.5 Å². The van der Waals surface area contributed by atoms with Crippen LogP contribution in [0.5, 0.6) is 11.5 Å². The predicted molar refractivity (Wildman–Crippen MR) is 209 cm³/mol. The van der Waals surface area contributed by atoms with Crippen LogP contribution in [0.4, 0.5) is 0 Å². The Labute approximate surface area is 319 Å². The van der Waals surface area contributed by atoms with Gasteiger partial charge in [0, 0.05) is 78.0 Å². The molecule has 7 rings (SSSR count). The van der Waals surface area contributed by atoms with E-state index in [0.29, 0.717) is 41.7 Å². The maximum atomic E-state index is 13.7. The van der Waals surface area contributed by atoms with Gasteiger partial charge in [-0.3, -0.25) is 19.2 Å². The molecule has 2 fully saturated rings. The molecule has 0 saturated carbocycles. The highest BCUT2D eigenvalue weighted by Gasteiger charge is 2.48. The van der Waals surface area contributed by atoms with Crippen molar-refractivity contribution in [1.82, 2.24) is 30.4 Å². The van der Waals surface area contributed by atoms with Crippen molar-refractivity contribution in [2.45, 2.75) is 33.3 Å². The van der Waals surface area contributed by atoms with E-state index in [1.54, 1.807) is 40.3 Å². The zero-order valence-electron chi connectivity index (χ0n) is 31.2. The van der Waals surface area contributed by atoms with Gasteiger partial charge in [-0.1, -0.05) is 35.9 Å². The van der Waals surface area contributed by atoms with Crippen molar-refractivity contribution in [2.24, 2.45) is 17.8 Å². The van der Waals surface area contributed by atoms with E-state index in [1.165, 1.54) is 30.6 Å². The molecule has 2 aliphatic heterocycles. The summed E-state index contributed by atoms with van der Waals surface area (Å²) in [4.78, 5) is 62.4. The molecular weight excluding hydrogens is 708 g/mol. The molecule has 284 valence electrons. The van der Waals surface area contributed by atoms with Crippen LogP contribution in [-0.2, 0) is 20.8 Å². The van der Waals surface area contributed by atoms with Crippen molar-refractivity contribution in [3.63, 3.8) is 0 Å². The molecule has 0 bridgehead atoms. The standard InChI is InChI=1S/C32H38ClN5O6.C9H9N/c1-18(2)44-27-8-5-19(9-28(27)43-4)32(42)38-15-21-14-37(17-25(24(21)16-38)31(41)36-13-29(39)34-3)30(40)10-20-12-35-26-11-22(33)6-7-23(20)26;1-7-6-10-9-5-3-2-4-8(7)9/h5-9,11-12,18,21,24-25,35H,10,13-17H2,1-4H3,(H,34,39)(H,36,41);2-6,10H,1H3. The van der Waals surface area contributed by atoms with Crippen LogP contribution in [-0.4, -0.2) is 96.4 Å². The van der Waals surface area contributed by atoms with Gasteiger partial charge in [-0.05, 0) is 80.1 Å². The summed E-state index contributed by atoms with van der Waals surface area (Å²) in [5, 5.41) is 8.06. The molecular formula is C41H47ClN6O6. The average Bonchev–Trinajstić information content (AvgIpc) is 3.89. The molecule has 2 aromatic heterocycles. The van der Waals surface area contributed by atoms with Gasteiger partial charge >= 0.3 is 0 Å². The minimum Gasteiger partial charge on any atom is -0.493 e. The lowest BCUT2D eigenvalue weighted by Gasteiger charge is -2.39. The zero-order valence-corrected chi connectivity index (χ0v) is 32.0. The Balaban J connectivity index is 0.000000426. The molecule has 13 heteroatoms. The van der Waals surface area contributed by atoms with Gasteiger partial charge in [0.1, 0.15) is 0 Å². The smallest absolute Gasteiger partial charge is 0.254 e. The fourth-order valence-electron chi connectivity index (χ4n) is 7.44. The van der Waals surface area contributed by atoms with Crippen molar-refractivity contribution in [1.29, 1.82) is 0 Å². The third-order valence-corrected chi connectivity index (χ3v) is 10.4. The van der Waals surface area contributed by atoms with E-state index in [9.17, 15) is 19.2 Å². The number of H-pyrrole nitrogens is 2. The number of piperidine rings is 1. The average molecular weight is 755 g/mol.